The number of thioether (sulfide) groups is 1. The molecule has 9 heteroatoms. The largest absolute Gasteiger partial charge is 0.337 e. The fourth-order valence-electron chi connectivity index (χ4n) is 4.38. The van der Waals surface area contributed by atoms with Crippen LogP contribution in [0.2, 0.25) is 0 Å². The Labute approximate surface area is 203 Å². The summed E-state index contributed by atoms with van der Waals surface area (Å²) in [4.78, 5) is 29.7. The number of fused-ring (bicyclic) bond motifs is 4. The number of thiophene rings is 1. The molecule has 6 rings (SSSR count). The van der Waals surface area contributed by atoms with Gasteiger partial charge in [-0.1, -0.05) is 41.6 Å². The average Bonchev–Trinajstić information content (AvgIpc) is 3.50. The molecule has 34 heavy (non-hydrogen) atoms. The molecule has 0 atom stereocenters. The van der Waals surface area contributed by atoms with Crippen LogP contribution in [0.25, 0.3) is 22.4 Å². The van der Waals surface area contributed by atoms with Crippen molar-refractivity contribution in [1.29, 1.82) is 0 Å². The van der Waals surface area contributed by atoms with Crippen LogP contribution in [0.5, 0.6) is 0 Å². The van der Waals surface area contributed by atoms with E-state index in [1.165, 1.54) is 22.2 Å². The molecule has 7 nitrogen and oxygen atoms in total. The molecular formula is C25H21N5O2S2. The van der Waals surface area contributed by atoms with Gasteiger partial charge in [0.2, 0.25) is 11.7 Å². The van der Waals surface area contributed by atoms with Crippen molar-refractivity contribution < 1.29 is 4.79 Å². The van der Waals surface area contributed by atoms with Crippen LogP contribution in [0.15, 0.2) is 69.9 Å². The van der Waals surface area contributed by atoms with E-state index in [2.05, 4.69) is 21.6 Å². The van der Waals surface area contributed by atoms with Crippen molar-refractivity contribution in [3.8, 4) is 5.69 Å². The van der Waals surface area contributed by atoms with Crippen LogP contribution >= 0.6 is 23.1 Å². The van der Waals surface area contributed by atoms with Gasteiger partial charge in [-0.15, -0.1) is 21.5 Å². The number of nitrogens with zero attached hydrogens (tertiary/aromatic N) is 5. The molecule has 3 aromatic heterocycles. The van der Waals surface area contributed by atoms with E-state index >= 15 is 0 Å². The van der Waals surface area contributed by atoms with E-state index in [-0.39, 0.29) is 17.2 Å². The Balaban J connectivity index is 1.38. The third kappa shape index (κ3) is 3.52. The molecule has 0 N–H and O–H groups in total. The van der Waals surface area contributed by atoms with Crippen LogP contribution in [-0.4, -0.2) is 42.3 Å². The zero-order valence-corrected chi connectivity index (χ0v) is 20.1. The molecule has 5 aromatic rings. The Hall–Kier alpha value is -3.43. The molecule has 1 aliphatic rings. The first-order valence-electron chi connectivity index (χ1n) is 11.0. The fraction of sp³-hybridized carbons (Fsp3) is 0.200. The zero-order valence-electron chi connectivity index (χ0n) is 18.5. The Morgan fingerprint density at radius 2 is 1.91 bits per heavy atom. The van der Waals surface area contributed by atoms with Crippen LogP contribution < -0.4 is 5.56 Å². The molecule has 1 amide bonds. The first-order valence-corrected chi connectivity index (χ1v) is 12.9. The second kappa shape index (κ2) is 8.41. The third-order valence-electron chi connectivity index (χ3n) is 6.17. The highest BCUT2D eigenvalue weighted by atomic mass is 32.2. The van der Waals surface area contributed by atoms with Crippen LogP contribution in [-0.2, 0) is 17.8 Å². The van der Waals surface area contributed by atoms with Gasteiger partial charge in [0, 0.05) is 18.0 Å². The maximum atomic E-state index is 13.4. The van der Waals surface area contributed by atoms with Crippen LogP contribution in [0.3, 0.4) is 0 Å². The van der Waals surface area contributed by atoms with Gasteiger partial charge >= 0.3 is 0 Å². The Morgan fingerprint density at radius 1 is 1.09 bits per heavy atom. The molecule has 0 unspecified atom stereocenters. The molecule has 0 aliphatic carbocycles. The summed E-state index contributed by atoms with van der Waals surface area (Å²) in [5.74, 6) is 0.774. The molecule has 0 fully saturated rings. The summed E-state index contributed by atoms with van der Waals surface area (Å²) in [6.07, 6.45) is 0.907. The minimum atomic E-state index is -0.146. The number of carbonyl (C=O) groups excluding carboxylic acids is 1. The highest BCUT2D eigenvalue weighted by molar-refractivity contribution is 7.99. The van der Waals surface area contributed by atoms with Gasteiger partial charge in [0.15, 0.2) is 5.16 Å². The molecule has 0 radical (unpaired) electrons. The number of carbonyl (C=O) groups is 1. The molecule has 0 spiro atoms. The lowest BCUT2D eigenvalue weighted by Gasteiger charge is -2.26. The maximum Gasteiger partial charge on any atom is 0.267 e. The Kier molecular flexibility index (Phi) is 5.23. The van der Waals surface area contributed by atoms with Gasteiger partial charge in [-0.2, -0.15) is 0 Å². The third-order valence-corrected chi connectivity index (χ3v) is 8.11. The van der Waals surface area contributed by atoms with Gasteiger partial charge in [0.1, 0.15) is 0 Å². The van der Waals surface area contributed by atoms with E-state index in [1.807, 2.05) is 64.8 Å². The topological polar surface area (TPSA) is 72.5 Å². The second-order valence-electron chi connectivity index (χ2n) is 8.33. The molecule has 0 bridgehead atoms. The maximum absolute atomic E-state index is 13.4. The number of hydrogen-bond donors (Lipinski definition) is 0. The SMILES string of the molecule is Cc1ccc(-n2c(=O)c3ccccc3n3c(SCC(=O)N4CCc5sccc5C4)nnc23)cc1. The number of hydrogen-bond acceptors (Lipinski definition) is 6. The monoisotopic (exact) mass is 487 g/mol. The number of aryl methyl sites for hydroxylation is 1. The standard InChI is InChI=1S/C25H21N5O2S2/c1-16-6-8-18(9-7-16)29-23(32)19-4-2-3-5-20(19)30-24(29)26-27-25(30)34-15-22(31)28-12-10-21-17(14-28)11-13-33-21/h2-9,11,13H,10,12,14-15H2,1H3. The first-order chi connectivity index (χ1) is 16.6. The first kappa shape index (κ1) is 21.1. The minimum absolute atomic E-state index is 0.0785. The summed E-state index contributed by atoms with van der Waals surface area (Å²) in [6.45, 7) is 3.41. The van der Waals surface area contributed by atoms with Gasteiger partial charge < -0.3 is 4.90 Å². The summed E-state index contributed by atoms with van der Waals surface area (Å²) < 4.78 is 3.46. The molecule has 0 saturated carbocycles. The van der Waals surface area contributed by atoms with Crippen molar-refractivity contribution in [1.82, 2.24) is 24.1 Å². The lowest BCUT2D eigenvalue weighted by atomic mass is 10.1. The van der Waals surface area contributed by atoms with E-state index in [4.69, 9.17) is 0 Å². The van der Waals surface area contributed by atoms with Crippen molar-refractivity contribution in [2.24, 2.45) is 0 Å². The van der Waals surface area contributed by atoms with Crippen molar-refractivity contribution in [2.45, 2.75) is 25.0 Å². The van der Waals surface area contributed by atoms with E-state index in [9.17, 15) is 9.59 Å². The predicted octanol–water partition coefficient (Wildman–Crippen LogP) is 4.08. The van der Waals surface area contributed by atoms with Crippen LogP contribution in [0.1, 0.15) is 16.0 Å². The fourth-order valence-corrected chi connectivity index (χ4v) is 6.11. The Bertz CT molecular complexity index is 1600. The van der Waals surface area contributed by atoms with Crippen LogP contribution in [0.4, 0.5) is 0 Å². The van der Waals surface area contributed by atoms with Gasteiger partial charge in [-0.25, -0.2) is 4.57 Å². The molecular weight excluding hydrogens is 466 g/mol. The van der Waals surface area contributed by atoms with Crippen molar-refractivity contribution >= 4 is 45.7 Å². The normalized spacial score (nSPS) is 13.5. The zero-order chi connectivity index (χ0) is 23.2. The van der Waals surface area contributed by atoms with Crippen molar-refractivity contribution in [3.63, 3.8) is 0 Å². The van der Waals surface area contributed by atoms with E-state index < -0.39 is 0 Å². The van der Waals surface area contributed by atoms with Gasteiger partial charge in [-0.3, -0.25) is 14.0 Å². The summed E-state index contributed by atoms with van der Waals surface area (Å²) in [6, 6.07) is 17.3. The van der Waals surface area contributed by atoms with Gasteiger partial charge in [0.25, 0.3) is 5.56 Å². The van der Waals surface area contributed by atoms with Crippen molar-refractivity contribution in [3.05, 3.63) is 86.3 Å². The average molecular weight is 488 g/mol. The number of para-hydroxylation sites is 1. The number of aromatic nitrogens is 4. The minimum Gasteiger partial charge on any atom is -0.337 e. The lowest BCUT2D eigenvalue weighted by Crippen LogP contribution is -2.36. The van der Waals surface area contributed by atoms with E-state index in [0.29, 0.717) is 22.9 Å². The predicted molar refractivity (Wildman–Crippen MR) is 135 cm³/mol. The molecule has 0 saturated heterocycles. The molecule has 2 aromatic carbocycles. The molecule has 1 aliphatic heterocycles. The summed E-state index contributed by atoms with van der Waals surface area (Å²) in [5, 5.41) is 12.0. The summed E-state index contributed by atoms with van der Waals surface area (Å²) in [7, 11) is 0. The quantitative estimate of drug-likeness (QED) is 0.357. The molecule has 4 heterocycles. The number of rotatable bonds is 4. The summed E-state index contributed by atoms with van der Waals surface area (Å²) >= 11 is 3.12. The highest BCUT2D eigenvalue weighted by Crippen LogP contribution is 2.26. The lowest BCUT2D eigenvalue weighted by molar-refractivity contribution is -0.129. The van der Waals surface area contributed by atoms with Gasteiger partial charge in [-0.05, 0) is 54.6 Å². The second-order valence-corrected chi connectivity index (χ2v) is 10.3. The highest BCUT2D eigenvalue weighted by Gasteiger charge is 2.23. The molecule has 170 valence electrons. The van der Waals surface area contributed by atoms with Gasteiger partial charge in [0.05, 0.1) is 22.3 Å². The van der Waals surface area contributed by atoms with Crippen molar-refractivity contribution in [2.75, 3.05) is 12.3 Å². The number of benzene rings is 2. The van der Waals surface area contributed by atoms with E-state index in [1.54, 1.807) is 15.9 Å². The van der Waals surface area contributed by atoms with E-state index in [0.717, 1.165) is 29.7 Å². The smallest absolute Gasteiger partial charge is 0.267 e. The van der Waals surface area contributed by atoms with Crippen LogP contribution in [0, 0.1) is 6.92 Å². The summed E-state index contributed by atoms with van der Waals surface area (Å²) in [5.41, 5.74) is 3.66. The Morgan fingerprint density at radius 3 is 2.76 bits per heavy atom. The number of amides is 1.